The number of nitrogens with zero attached hydrogens (tertiary/aromatic N) is 2. The van der Waals surface area contributed by atoms with E-state index >= 15 is 0 Å². The number of piperidine rings is 3. The van der Waals surface area contributed by atoms with E-state index in [4.69, 9.17) is 4.42 Å². The maximum absolute atomic E-state index is 12.7. The number of pyridine rings is 1. The molecule has 26 heavy (non-hydrogen) atoms. The molecule has 0 saturated carbocycles. The van der Waals surface area contributed by atoms with Crippen molar-refractivity contribution in [2.75, 3.05) is 13.1 Å². The van der Waals surface area contributed by atoms with Crippen molar-refractivity contribution in [2.24, 2.45) is 5.92 Å². The van der Waals surface area contributed by atoms with E-state index in [0.717, 1.165) is 25.9 Å². The molecule has 3 aliphatic heterocycles. The van der Waals surface area contributed by atoms with Crippen molar-refractivity contribution in [3.63, 3.8) is 0 Å². The van der Waals surface area contributed by atoms with Crippen LogP contribution in [0.2, 0.25) is 0 Å². The monoisotopic (exact) mass is 359 g/mol. The van der Waals surface area contributed by atoms with E-state index in [1.807, 2.05) is 0 Å². The first kappa shape index (κ1) is 17.0. The fourth-order valence-corrected chi connectivity index (χ4v) is 4.03. The fraction of sp³-hybridized carbons (Fsp3) is 0.474. The van der Waals surface area contributed by atoms with Crippen LogP contribution in [0.15, 0.2) is 22.7 Å². The van der Waals surface area contributed by atoms with E-state index < -0.39 is 6.43 Å². The highest BCUT2D eigenvalue weighted by Gasteiger charge is 2.40. The average molecular weight is 359 g/mol. The van der Waals surface area contributed by atoms with Gasteiger partial charge in [0.1, 0.15) is 5.69 Å². The molecule has 3 saturated heterocycles. The van der Waals surface area contributed by atoms with Crippen LogP contribution in [0, 0.1) is 17.8 Å². The van der Waals surface area contributed by atoms with Gasteiger partial charge in [0.2, 0.25) is 0 Å². The van der Waals surface area contributed by atoms with Crippen LogP contribution in [0.3, 0.4) is 0 Å². The molecule has 2 atom stereocenters. The Balaban J connectivity index is 1.53. The number of amides is 1. The zero-order valence-electron chi connectivity index (χ0n) is 14.3. The van der Waals surface area contributed by atoms with Gasteiger partial charge in [0.25, 0.3) is 12.3 Å². The standard InChI is InChI=1S/C19H19F2N3O2/c1-11-18(12-4-6-24(11)7-5-12)23-19(25)15-9-13-8-14(2-3-17(20)21)26-16(13)10-22-15/h8-12,17-18H,4-7H2,1H3,(H,23,25)/t11-,18-/m0/s1. The van der Waals surface area contributed by atoms with Gasteiger partial charge in [-0.1, -0.05) is 0 Å². The Morgan fingerprint density at radius 1 is 1.38 bits per heavy atom. The largest absolute Gasteiger partial charge is 0.446 e. The topological polar surface area (TPSA) is 58.4 Å². The molecule has 7 heteroatoms. The van der Waals surface area contributed by atoms with Gasteiger partial charge in [0, 0.05) is 23.5 Å². The number of halogens is 2. The van der Waals surface area contributed by atoms with Gasteiger partial charge in [-0.2, -0.15) is 8.78 Å². The highest BCUT2D eigenvalue weighted by molar-refractivity contribution is 5.96. The van der Waals surface area contributed by atoms with Gasteiger partial charge >= 0.3 is 0 Å². The molecule has 3 aliphatic rings. The number of rotatable bonds is 2. The minimum atomic E-state index is -2.72. The summed E-state index contributed by atoms with van der Waals surface area (Å²) in [6.07, 6.45) is 0.925. The molecule has 5 nitrogen and oxygen atoms in total. The number of hydrogen-bond acceptors (Lipinski definition) is 4. The summed E-state index contributed by atoms with van der Waals surface area (Å²) in [7, 11) is 0. The van der Waals surface area contributed by atoms with E-state index in [2.05, 4.69) is 28.0 Å². The number of fused-ring (bicyclic) bond motifs is 4. The smallest absolute Gasteiger partial charge is 0.299 e. The second-order valence-corrected chi connectivity index (χ2v) is 6.90. The molecular formula is C19H19F2N3O2. The molecule has 5 rings (SSSR count). The summed E-state index contributed by atoms with van der Waals surface area (Å²) in [6.45, 7) is 4.34. The first-order valence-corrected chi connectivity index (χ1v) is 8.75. The molecule has 136 valence electrons. The Morgan fingerprint density at radius 2 is 2.15 bits per heavy atom. The summed E-state index contributed by atoms with van der Waals surface area (Å²) in [6, 6.07) is 3.59. The quantitative estimate of drug-likeness (QED) is 0.838. The predicted molar refractivity (Wildman–Crippen MR) is 91.9 cm³/mol. The number of hydrogen-bond donors (Lipinski definition) is 1. The zero-order chi connectivity index (χ0) is 18.3. The van der Waals surface area contributed by atoms with Crippen molar-refractivity contribution in [1.82, 2.24) is 15.2 Å². The lowest BCUT2D eigenvalue weighted by molar-refractivity contribution is 0.0216. The Morgan fingerprint density at radius 3 is 2.85 bits per heavy atom. The van der Waals surface area contributed by atoms with Crippen molar-refractivity contribution < 1.29 is 18.0 Å². The molecule has 5 heterocycles. The van der Waals surface area contributed by atoms with Gasteiger partial charge in [-0.05, 0) is 56.7 Å². The Labute approximate surface area is 149 Å². The van der Waals surface area contributed by atoms with Gasteiger partial charge in [-0.15, -0.1) is 0 Å². The molecule has 0 aliphatic carbocycles. The molecule has 0 radical (unpaired) electrons. The molecule has 1 amide bonds. The third-order valence-electron chi connectivity index (χ3n) is 5.42. The number of carbonyl (C=O) groups excluding carboxylic acids is 1. The van der Waals surface area contributed by atoms with Crippen LogP contribution in [-0.4, -0.2) is 47.4 Å². The Kier molecular flexibility index (Phi) is 4.37. The van der Waals surface area contributed by atoms with E-state index in [1.54, 1.807) is 18.1 Å². The summed E-state index contributed by atoms with van der Waals surface area (Å²) < 4.78 is 29.7. The highest BCUT2D eigenvalue weighted by atomic mass is 19.3. The molecule has 2 bridgehead atoms. The van der Waals surface area contributed by atoms with Crippen LogP contribution < -0.4 is 5.32 Å². The van der Waals surface area contributed by atoms with Gasteiger partial charge in [0.05, 0.1) is 6.20 Å². The van der Waals surface area contributed by atoms with Crippen molar-refractivity contribution >= 4 is 16.9 Å². The lowest BCUT2D eigenvalue weighted by Crippen LogP contribution is -2.62. The maximum Gasteiger partial charge on any atom is 0.299 e. The highest BCUT2D eigenvalue weighted by Crippen LogP contribution is 2.32. The third-order valence-corrected chi connectivity index (χ3v) is 5.42. The second kappa shape index (κ2) is 6.69. The van der Waals surface area contributed by atoms with Gasteiger partial charge in [-0.3, -0.25) is 9.69 Å². The van der Waals surface area contributed by atoms with Crippen molar-refractivity contribution in [3.05, 3.63) is 29.8 Å². The lowest BCUT2D eigenvalue weighted by Gasteiger charge is -2.49. The first-order chi connectivity index (χ1) is 12.5. The number of furan rings is 1. The van der Waals surface area contributed by atoms with Crippen molar-refractivity contribution in [1.29, 1.82) is 0 Å². The van der Waals surface area contributed by atoms with E-state index in [1.165, 1.54) is 6.20 Å². The fourth-order valence-electron chi connectivity index (χ4n) is 4.03. The van der Waals surface area contributed by atoms with E-state index in [9.17, 15) is 13.6 Å². The predicted octanol–water partition coefficient (Wildman–Crippen LogP) is 2.66. The molecule has 0 unspecified atom stereocenters. The Bertz CT molecular complexity index is 889. The maximum atomic E-state index is 12.7. The third kappa shape index (κ3) is 3.17. The minimum absolute atomic E-state index is 0.124. The number of aromatic nitrogens is 1. The SMILES string of the molecule is C[C@H]1[C@H](NC(=O)c2cc3cc(C#CC(F)F)oc3cn2)C2CCN1CC2. The van der Waals surface area contributed by atoms with Crippen molar-refractivity contribution in [3.8, 4) is 11.8 Å². The molecule has 1 N–H and O–H groups in total. The molecule has 0 aromatic carbocycles. The average Bonchev–Trinajstić information content (AvgIpc) is 3.05. The summed E-state index contributed by atoms with van der Waals surface area (Å²) in [5.74, 6) is 4.44. The van der Waals surface area contributed by atoms with Crippen LogP contribution >= 0.6 is 0 Å². The van der Waals surface area contributed by atoms with Crippen molar-refractivity contribution in [2.45, 2.75) is 38.3 Å². The molecule has 2 aromatic rings. The summed E-state index contributed by atoms with van der Waals surface area (Å²) in [4.78, 5) is 19.2. The van der Waals surface area contributed by atoms with E-state index in [0.29, 0.717) is 22.9 Å². The minimum Gasteiger partial charge on any atom is -0.446 e. The molecular weight excluding hydrogens is 340 g/mol. The lowest BCUT2D eigenvalue weighted by atomic mass is 9.79. The number of nitrogens with one attached hydrogen (secondary N) is 1. The molecule has 3 fully saturated rings. The number of alkyl halides is 2. The summed E-state index contributed by atoms with van der Waals surface area (Å²) >= 11 is 0. The molecule has 0 spiro atoms. The van der Waals surface area contributed by atoms with Gasteiger partial charge in [-0.25, -0.2) is 4.98 Å². The Hall–Kier alpha value is -2.46. The normalized spacial score (nSPS) is 27.4. The summed E-state index contributed by atoms with van der Waals surface area (Å²) in [5.41, 5.74) is 0.701. The van der Waals surface area contributed by atoms with Crippen LogP contribution in [-0.2, 0) is 0 Å². The zero-order valence-corrected chi connectivity index (χ0v) is 14.3. The van der Waals surface area contributed by atoms with Crippen LogP contribution in [0.4, 0.5) is 8.78 Å². The van der Waals surface area contributed by atoms with Gasteiger partial charge < -0.3 is 9.73 Å². The first-order valence-electron chi connectivity index (χ1n) is 8.75. The molecule has 2 aromatic heterocycles. The van der Waals surface area contributed by atoms with Crippen LogP contribution in [0.5, 0.6) is 0 Å². The van der Waals surface area contributed by atoms with Crippen LogP contribution in [0.1, 0.15) is 36.0 Å². The van der Waals surface area contributed by atoms with Crippen LogP contribution in [0.25, 0.3) is 11.0 Å². The number of carbonyl (C=O) groups is 1. The van der Waals surface area contributed by atoms with E-state index in [-0.39, 0.29) is 23.4 Å². The summed E-state index contributed by atoms with van der Waals surface area (Å²) in [5, 5.41) is 3.74. The second-order valence-electron chi connectivity index (χ2n) is 6.90. The van der Waals surface area contributed by atoms with Gasteiger partial charge in [0.15, 0.2) is 11.3 Å².